The molecule has 1 unspecified atom stereocenters. The fourth-order valence-electron chi connectivity index (χ4n) is 2.54. The first kappa shape index (κ1) is 19.8. The summed E-state index contributed by atoms with van der Waals surface area (Å²) in [5.41, 5.74) is 0.145. The number of amides is 2. The van der Waals surface area contributed by atoms with Crippen molar-refractivity contribution in [3.05, 3.63) is 57.7 Å². The standard InChI is InChI=1S/C17H16Cl2N2O5/c1-4-7-21-14(16(23)26-3)12(15(22)25-2)13(20-17(21)24)9-5-6-10(18)11(19)8-9/h4-6,8,13H,1,7H2,2-3H3,(H,20,24). The first-order valence-corrected chi connectivity index (χ1v) is 8.16. The van der Waals surface area contributed by atoms with Crippen LogP contribution in [0.2, 0.25) is 10.0 Å². The minimum atomic E-state index is -0.972. The lowest BCUT2D eigenvalue weighted by Gasteiger charge is -2.34. The zero-order valence-electron chi connectivity index (χ0n) is 14.0. The normalized spacial score (nSPS) is 16.8. The molecule has 2 amide bonds. The number of carbonyl (C=O) groups is 3. The summed E-state index contributed by atoms with van der Waals surface area (Å²) in [6, 6.07) is 3.03. The van der Waals surface area contributed by atoms with Crippen LogP contribution in [0.25, 0.3) is 0 Å². The van der Waals surface area contributed by atoms with Gasteiger partial charge in [0, 0.05) is 6.54 Å². The molecular formula is C17H16Cl2N2O5. The third-order valence-electron chi connectivity index (χ3n) is 3.70. The molecule has 9 heteroatoms. The van der Waals surface area contributed by atoms with E-state index in [0.717, 1.165) is 12.0 Å². The molecule has 1 heterocycles. The molecule has 1 aromatic carbocycles. The molecule has 1 N–H and O–H groups in total. The summed E-state index contributed by atoms with van der Waals surface area (Å²) in [6.45, 7) is 3.54. The van der Waals surface area contributed by atoms with E-state index in [4.69, 9.17) is 32.7 Å². The number of rotatable bonds is 5. The van der Waals surface area contributed by atoms with Crippen molar-refractivity contribution in [1.29, 1.82) is 0 Å². The Hall–Kier alpha value is -2.51. The van der Waals surface area contributed by atoms with E-state index in [1.807, 2.05) is 0 Å². The number of hydrogen-bond donors (Lipinski definition) is 1. The van der Waals surface area contributed by atoms with Crippen molar-refractivity contribution in [2.75, 3.05) is 20.8 Å². The fourth-order valence-corrected chi connectivity index (χ4v) is 2.85. The second-order valence-corrected chi connectivity index (χ2v) is 6.02. The molecule has 1 aliphatic rings. The summed E-state index contributed by atoms with van der Waals surface area (Å²) in [4.78, 5) is 38.4. The van der Waals surface area contributed by atoms with Gasteiger partial charge in [-0.25, -0.2) is 14.4 Å². The number of halogens is 2. The van der Waals surface area contributed by atoms with Crippen LogP contribution in [0, 0.1) is 0 Å². The summed E-state index contributed by atoms with van der Waals surface area (Å²) in [7, 11) is 2.32. The van der Waals surface area contributed by atoms with E-state index in [9.17, 15) is 14.4 Å². The topological polar surface area (TPSA) is 84.9 Å². The van der Waals surface area contributed by atoms with E-state index in [0.29, 0.717) is 10.6 Å². The van der Waals surface area contributed by atoms with Crippen LogP contribution in [0.5, 0.6) is 0 Å². The number of nitrogens with zero attached hydrogens (tertiary/aromatic N) is 1. The Kier molecular flexibility index (Phi) is 6.28. The van der Waals surface area contributed by atoms with Gasteiger partial charge in [0.2, 0.25) is 0 Å². The Labute approximate surface area is 160 Å². The van der Waals surface area contributed by atoms with Crippen LogP contribution in [0.4, 0.5) is 4.79 Å². The lowest BCUT2D eigenvalue weighted by molar-refractivity contribution is -0.141. The Morgan fingerprint density at radius 2 is 1.88 bits per heavy atom. The number of hydrogen-bond acceptors (Lipinski definition) is 5. The summed E-state index contributed by atoms with van der Waals surface area (Å²) in [5.74, 6) is -1.65. The number of esters is 2. The Morgan fingerprint density at radius 1 is 1.23 bits per heavy atom. The smallest absolute Gasteiger partial charge is 0.355 e. The monoisotopic (exact) mass is 398 g/mol. The van der Waals surface area contributed by atoms with Crippen molar-refractivity contribution < 1.29 is 23.9 Å². The Morgan fingerprint density at radius 3 is 2.42 bits per heavy atom. The highest BCUT2D eigenvalue weighted by molar-refractivity contribution is 6.42. The maximum absolute atomic E-state index is 12.5. The molecule has 26 heavy (non-hydrogen) atoms. The number of ether oxygens (including phenoxy) is 2. The first-order valence-electron chi connectivity index (χ1n) is 7.40. The average Bonchev–Trinajstić information content (AvgIpc) is 2.63. The van der Waals surface area contributed by atoms with Gasteiger partial charge < -0.3 is 14.8 Å². The third-order valence-corrected chi connectivity index (χ3v) is 4.44. The molecule has 0 aromatic heterocycles. The van der Waals surface area contributed by atoms with Crippen molar-refractivity contribution in [2.45, 2.75) is 6.04 Å². The number of nitrogens with one attached hydrogen (secondary N) is 1. The molecule has 1 aromatic rings. The summed E-state index contributed by atoms with van der Waals surface area (Å²) in [6.07, 6.45) is 1.41. The van der Waals surface area contributed by atoms with Gasteiger partial charge in [-0.05, 0) is 17.7 Å². The quantitative estimate of drug-likeness (QED) is 0.608. The number of urea groups is 1. The van der Waals surface area contributed by atoms with E-state index in [1.165, 1.54) is 25.3 Å². The third kappa shape index (κ3) is 3.68. The van der Waals surface area contributed by atoms with Gasteiger partial charge in [0.1, 0.15) is 5.70 Å². The van der Waals surface area contributed by atoms with Gasteiger partial charge in [-0.3, -0.25) is 4.90 Å². The molecule has 7 nitrogen and oxygen atoms in total. The van der Waals surface area contributed by atoms with Crippen molar-refractivity contribution in [2.24, 2.45) is 0 Å². The van der Waals surface area contributed by atoms with E-state index >= 15 is 0 Å². The number of carbonyl (C=O) groups excluding carboxylic acids is 3. The second-order valence-electron chi connectivity index (χ2n) is 5.20. The van der Waals surface area contributed by atoms with Crippen LogP contribution in [0.1, 0.15) is 11.6 Å². The van der Waals surface area contributed by atoms with Crippen LogP contribution in [0.15, 0.2) is 42.1 Å². The highest BCUT2D eigenvalue weighted by atomic mass is 35.5. The van der Waals surface area contributed by atoms with E-state index < -0.39 is 24.0 Å². The molecule has 1 atom stereocenters. The zero-order chi connectivity index (χ0) is 19.4. The highest BCUT2D eigenvalue weighted by Crippen LogP contribution is 2.34. The molecule has 0 saturated carbocycles. The first-order chi connectivity index (χ1) is 12.3. The van der Waals surface area contributed by atoms with Gasteiger partial charge in [-0.15, -0.1) is 6.58 Å². The van der Waals surface area contributed by atoms with E-state index in [-0.39, 0.29) is 22.8 Å². The van der Waals surface area contributed by atoms with Crippen LogP contribution in [-0.4, -0.2) is 43.6 Å². The minimum absolute atomic E-state index is 0.00907. The van der Waals surface area contributed by atoms with Crippen LogP contribution >= 0.6 is 23.2 Å². The molecule has 0 radical (unpaired) electrons. The van der Waals surface area contributed by atoms with Crippen LogP contribution in [-0.2, 0) is 19.1 Å². The van der Waals surface area contributed by atoms with Crippen molar-refractivity contribution in [1.82, 2.24) is 10.2 Å². The largest absolute Gasteiger partial charge is 0.466 e. The molecule has 0 bridgehead atoms. The van der Waals surface area contributed by atoms with E-state index in [2.05, 4.69) is 11.9 Å². The fraction of sp³-hybridized carbons (Fsp3) is 0.235. The highest BCUT2D eigenvalue weighted by Gasteiger charge is 2.41. The molecule has 138 valence electrons. The second kappa shape index (κ2) is 8.25. The predicted molar refractivity (Wildman–Crippen MR) is 95.7 cm³/mol. The number of methoxy groups -OCH3 is 2. The van der Waals surface area contributed by atoms with Gasteiger partial charge in [-0.2, -0.15) is 0 Å². The van der Waals surface area contributed by atoms with E-state index in [1.54, 1.807) is 6.07 Å². The lowest BCUT2D eigenvalue weighted by atomic mass is 9.94. The van der Waals surface area contributed by atoms with Gasteiger partial charge in [0.25, 0.3) is 0 Å². The Balaban J connectivity index is 2.73. The average molecular weight is 399 g/mol. The molecule has 0 saturated heterocycles. The minimum Gasteiger partial charge on any atom is -0.466 e. The van der Waals surface area contributed by atoms with Gasteiger partial charge in [-0.1, -0.05) is 35.3 Å². The SMILES string of the molecule is C=CCN1C(=O)NC(c2ccc(Cl)c(Cl)c2)C(C(=O)OC)=C1C(=O)OC. The maximum Gasteiger partial charge on any atom is 0.355 e. The van der Waals surface area contributed by atoms with Crippen molar-refractivity contribution in [3.63, 3.8) is 0 Å². The van der Waals surface area contributed by atoms with Gasteiger partial charge in [0.15, 0.2) is 0 Å². The predicted octanol–water partition coefficient (Wildman–Crippen LogP) is 2.85. The molecule has 0 fully saturated rings. The maximum atomic E-state index is 12.5. The number of benzene rings is 1. The molecule has 0 spiro atoms. The van der Waals surface area contributed by atoms with Crippen molar-refractivity contribution in [3.8, 4) is 0 Å². The van der Waals surface area contributed by atoms with Crippen LogP contribution < -0.4 is 5.32 Å². The van der Waals surface area contributed by atoms with Crippen molar-refractivity contribution >= 4 is 41.2 Å². The summed E-state index contributed by atoms with van der Waals surface area (Å²) >= 11 is 12.0. The Bertz CT molecular complexity index is 806. The van der Waals surface area contributed by atoms with Gasteiger partial charge >= 0.3 is 18.0 Å². The zero-order valence-corrected chi connectivity index (χ0v) is 15.6. The van der Waals surface area contributed by atoms with Gasteiger partial charge in [0.05, 0.1) is 35.9 Å². The lowest BCUT2D eigenvalue weighted by Crippen LogP contribution is -2.50. The molecule has 0 aliphatic carbocycles. The summed E-state index contributed by atoms with van der Waals surface area (Å²) in [5, 5.41) is 3.20. The van der Waals surface area contributed by atoms with Crippen LogP contribution in [0.3, 0.4) is 0 Å². The molecular weight excluding hydrogens is 383 g/mol. The molecule has 1 aliphatic heterocycles. The molecule has 2 rings (SSSR count). The summed E-state index contributed by atoms with van der Waals surface area (Å²) < 4.78 is 9.57.